The van der Waals surface area contributed by atoms with Gasteiger partial charge in [0.25, 0.3) is 5.91 Å². The second-order valence-electron chi connectivity index (χ2n) is 9.17. The highest BCUT2D eigenvalue weighted by atomic mass is 32.1. The first kappa shape index (κ1) is 22.6. The van der Waals surface area contributed by atoms with Crippen LogP contribution in [0.15, 0.2) is 30.3 Å². The molecule has 3 aromatic rings. The summed E-state index contributed by atoms with van der Waals surface area (Å²) in [7, 11) is 0. The molecule has 3 heterocycles. The minimum Gasteiger partial charge on any atom is -0.392 e. The van der Waals surface area contributed by atoms with Crippen molar-refractivity contribution < 1.29 is 14.3 Å². The van der Waals surface area contributed by atoms with Crippen molar-refractivity contribution in [2.45, 2.75) is 46.7 Å². The molecule has 1 N–H and O–H groups in total. The first-order chi connectivity index (χ1) is 16.3. The molecule has 1 aromatic carbocycles. The van der Waals surface area contributed by atoms with Gasteiger partial charge in [-0.25, -0.2) is 14.5 Å². The van der Waals surface area contributed by atoms with Crippen LogP contribution in [0, 0.1) is 32.6 Å². The van der Waals surface area contributed by atoms with Crippen LogP contribution in [-0.2, 0) is 6.54 Å². The van der Waals surface area contributed by atoms with Crippen molar-refractivity contribution >= 4 is 23.3 Å². The van der Waals surface area contributed by atoms with Crippen LogP contribution in [0.2, 0.25) is 0 Å². The molecule has 3 atom stereocenters. The number of nitrogens with zero attached hydrogens (tertiary/aromatic N) is 4. The zero-order valence-electron chi connectivity index (χ0n) is 19.9. The highest BCUT2D eigenvalue weighted by Gasteiger charge is 2.54. The molecule has 0 spiro atoms. The monoisotopic (exact) mass is 479 g/mol. The van der Waals surface area contributed by atoms with E-state index in [0.29, 0.717) is 43.0 Å². The number of hydrogen-bond donors (Lipinski definition) is 1. The van der Waals surface area contributed by atoms with Gasteiger partial charge in [0, 0.05) is 25.7 Å². The minimum atomic E-state index is -0.531. The summed E-state index contributed by atoms with van der Waals surface area (Å²) >= 11 is 1.54. The fraction of sp³-hybridized carbons (Fsp3) is 0.440. The van der Waals surface area contributed by atoms with E-state index in [0.717, 1.165) is 33.1 Å². The van der Waals surface area contributed by atoms with Crippen molar-refractivity contribution in [1.82, 2.24) is 25.0 Å². The summed E-state index contributed by atoms with van der Waals surface area (Å²) in [6, 6.07) is 9.84. The third-order valence-corrected chi connectivity index (χ3v) is 7.62. The van der Waals surface area contributed by atoms with Crippen LogP contribution in [0.3, 0.4) is 0 Å². The van der Waals surface area contributed by atoms with Gasteiger partial charge < -0.3 is 15.0 Å². The van der Waals surface area contributed by atoms with Crippen molar-refractivity contribution in [3.05, 3.63) is 52.3 Å². The van der Waals surface area contributed by atoms with Crippen molar-refractivity contribution in [3.63, 3.8) is 0 Å². The van der Waals surface area contributed by atoms with Crippen molar-refractivity contribution in [3.8, 4) is 16.3 Å². The quantitative estimate of drug-likeness (QED) is 0.572. The van der Waals surface area contributed by atoms with Crippen molar-refractivity contribution in [2.24, 2.45) is 11.8 Å². The minimum absolute atomic E-state index is 0.0600. The highest BCUT2D eigenvalue weighted by Crippen LogP contribution is 2.50. The Labute approximate surface area is 202 Å². The Morgan fingerprint density at radius 3 is 2.82 bits per heavy atom. The average Bonchev–Trinajstić information content (AvgIpc) is 3.12. The summed E-state index contributed by atoms with van der Waals surface area (Å²) in [5.41, 5.74) is 3.45. The smallest absolute Gasteiger partial charge is 0.392 e. The van der Waals surface area contributed by atoms with Gasteiger partial charge in [0.2, 0.25) is 5.88 Å². The third-order valence-electron chi connectivity index (χ3n) is 6.60. The number of hydrogen-bond acceptors (Lipinski definition) is 6. The SMILES string of the molecule is CCn1nc(C)cc1OC(=O)NC[C@@H]1[C@H]2C[C@H]2CN1C(=O)c1nc(C)sc1-c1cccc(C)c1. The topological polar surface area (TPSA) is 89.4 Å². The van der Waals surface area contributed by atoms with E-state index in [1.165, 1.54) is 0 Å². The molecule has 9 heteroatoms. The number of thiazole rings is 1. The summed E-state index contributed by atoms with van der Waals surface area (Å²) < 4.78 is 7.12. The summed E-state index contributed by atoms with van der Waals surface area (Å²) in [6.45, 7) is 9.45. The zero-order chi connectivity index (χ0) is 24.0. The number of piperidine rings is 1. The molecule has 8 nitrogen and oxygen atoms in total. The van der Waals surface area contributed by atoms with E-state index in [4.69, 9.17) is 4.74 Å². The van der Waals surface area contributed by atoms with E-state index in [1.807, 2.05) is 50.8 Å². The van der Waals surface area contributed by atoms with E-state index >= 15 is 0 Å². The van der Waals surface area contributed by atoms with Gasteiger partial charge in [0.1, 0.15) is 5.69 Å². The Morgan fingerprint density at radius 1 is 1.24 bits per heavy atom. The van der Waals surface area contributed by atoms with Gasteiger partial charge >= 0.3 is 6.09 Å². The van der Waals surface area contributed by atoms with Gasteiger partial charge in [-0.05, 0) is 51.5 Å². The van der Waals surface area contributed by atoms with Gasteiger partial charge in [-0.2, -0.15) is 5.10 Å². The second-order valence-corrected chi connectivity index (χ2v) is 10.4. The molecule has 0 radical (unpaired) electrons. The first-order valence-corrected chi connectivity index (χ1v) is 12.5. The molecule has 1 saturated heterocycles. The molecular weight excluding hydrogens is 450 g/mol. The van der Waals surface area contributed by atoms with E-state index in [-0.39, 0.29) is 11.9 Å². The van der Waals surface area contributed by atoms with E-state index < -0.39 is 6.09 Å². The lowest BCUT2D eigenvalue weighted by Gasteiger charge is -2.27. The van der Waals surface area contributed by atoms with E-state index in [1.54, 1.807) is 22.1 Å². The lowest BCUT2D eigenvalue weighted by atomic mass is 10.1. The number of aryl methyl sites for hydroxylation is 4. The van der Waals surface area contributed by atoms with Crippen LogP contribution in [-0.4, -0.2) is 50.8 Å². The number of nitrogens with one attached hydrogen (secondary N) is 1. The maximum Gasteiger partial charge on any atom is 0.414 e. The van der Waals surface area contributed by atoms with Crippen molar-refractivity contribution in [1.29, 1.82) is 0 Å². The Hall–Kier alpha value is -3.20. The van der Waals surface area contributed by atoms with Gasteiger partial charge in [-0.1, -0.05) is 29.8 Å². The van der Waals surface area contributed by atoms with Gasteiger partial charge in [-0.3, -0.25) is 4.79 Å². The molecule has 2 amide bonds. The Morgan fingerprint density at radius 2 is 2.06 bits per heavy atom. The molecule has 2 aromatic heterocycles. The second kappa shape index (κ2) is 8.87. The zero-order valence-corrected chi connectivity index (χ0v) is 20.7. The Bertz CT molecular complexity index is 1250. The number of likely N-dealkylation sites (tertiary alicyclic amines) is 1. The molecule has 34 heavy (non-hydrogen) atoms. The number of carbonyl (C=O) groups excluding carboxylic acids is 2. The highest BCUT2D eigenvalue weighted by molar-refractivity contribution is 7.15. The molecule has 178 valence electrons. The predicted molar refractivity (Wildman–Crippen MR) is 130 cm³/mol. The molecule has 1 aliphatic carbocycles. The van der Waals surface area contributed by atoms with E-state index in [2.05, 4.69) is 21.5 Å². The number of carbonyl (C=O) groups is 2. The van der Waals surface area contributed by atoms with Crippen LogP contribution in [0.4, 0.5) is 4.79 Å². The lowest BCUT2D eigenvalue weighted by molar-refractivity contribution is 0.0699. The molecular formula is C25H29N5O3S. The fourth-order valence-corrected chi connectivity index (χ4v) is 5.81. The average molecular weight is 480 g/mol. The number of aromatic nitrogens is 3. The number of benzene rings is 1. The molecule has 1 saturated carbocycles. The normalized spacial score (nSPS) is 20.8. The number of amides is 2. The first-order valence-electron chi connectivity index (χ1n) is 11.7. The molecule has 5 rings (SSSR count). The largest absolute Gasteiger partial charge is 0.414 e. The summed E-state index contributed by atoms with van der Waals surface area (Å²) in [5.74, 6) is 1.27. The summed E-state index contributed by atoms with van der Waals surface area (Å²) in [4.78, 5) is 33.6. The molecule has 0 bridgehead atoms. The number of rotatable bonds is 6. The van der Waals surface area contributed by atoms with Crippen LogP contribution in [0.5, 0.6) is 5.88 Å². The van der Waals surface area contributed by atoms with Crippen molar-refractivity contribution in [2.75, 3.05) is 13.1 Å². The van der Waals surface area contributed by atoms with Gasteiger partial charge in [-0.15, -0.1) is 11.3 Å². The van der Waals surface area contributed by atoms with Gasteiger partial charge in [0.05, 0.1) is 21.6 Å². The number of ether oxygens (including phenoxy) is 1. The van der Waals surface area contributed by atoms with Crippen LogP contribution in [0.25, 0.3) is 10.4 Å². The maximum absolute atomic E-state index is 13.7. The lowest BCUT2D eigenvalue weighted by Crippen LogP contribution is -2.46. The summed E-state index contributed by atoms with van der Waals surface area (Å²) in [6.07, 6.45) is 0.560. The molecule has 2 aliphatic rings. The Kier molecular flexibility index (Phi) is 5.89. The fourth-order valence-electron chi connectivity index (χ4n) is 4.91. The summed E-state index contributed by atoms with van der Waals surface area (Å²) in [5, 5.41) is 8.04. The van der Waals surface area contributed by atoms with E-state index in [9.17, 15) is 9.59 Å². The molecule has 2 fully saturated rings. The predicted octanol–water partition coefficient (Wildman–Crippen LogP) is 4.20. The van der Waals surface area contributed by atoms with Crippen LogP contribution < -0.4 is 10.1 Å². The standard InChI is InChI=1S/C25H29N5O3S/c1-5-30-21(10-15(3)28-30)33-25(32)26-12-20-19-11-18(19)13-29(20)24(31)22-23(34-16(4)27-22)17-8-6-7-14(2)9-17/h6-10,18-20H,5,11-13H2,1-4H3,(H,26,32)/t18-,19-,20+/m0/s1. The molecule has 1 aliphatic heterocycles. The number of fused-ring (bicyclic) bond motifs is 1. The Balaban J connectivity index is 1.30. The maximum atomic E-state index is 13.7. The van der Waals surface area contributed by atoms with Gasteiger partial charge in [0.15, 0.2) is 0 Å². The third kappa shape index (κ3) is 4.32. The molecule has 0 unspecified atom stereocenters. The van der Waals surface area contributed by atoms with Crippen LogP contribution in [0.1, 0.15) is 40.1 Å². The van der Waals surface area contributed by atoms with Crippen LogP contribution >= 0.6 is 11.3 Å².